The maximum absolute atomic E-state index is 11.2. The Morgan fingerprint density at radius 3 is 1.19 bits per heavy atom. The Kier molecular flexibility index (Phi) is 20.9. The van der Waals surface area contributed by atoms with Gasteiger partial charge in [-0.05, 0) is 13.3 Å². The number of unbranched alkanes of at least 4 members (excludes halogenated alkanes) is 18. The van der Waals surface area contributed by atoms with Gasteiger partial charge in [0.05, 0.1) is 6.61 Å². The SMILES string of the molecule is C=C(C)C(=O)OCCCCCCCCCCCCCCCCCCCCC. The predicted octanol–water partition coefficient (Wildman–Crippen LogP) is 8.54. The first kappa shape index (κ1) is 26.2. The van der Waals surface area contributed by atoms with Crippen molar-refractivity contribution in [2.24, 2.45) is 0 Å². The minimum absolute atomic E-state index is 0.252. The molecule has 0 aliphatic rings. The van der Waals surface area contributed by atoms with Crippen molar-refractivity contribution in [1.82, 2.24) is 0 Å². The summed E-state index contributed by atoms with van der Waals surface area (Å²) in [7, 11) is 0. The molecule has 0 heterocycles. The van der Waals surface area contributed by atoms with Crippen molar-refractivity contribution in [1.29, 1.82) is 0 Å². The van der Waals surface area contributed by atoms with Gasteiger partial charge in [0, 0.05) is 5.57 Å². The van der Waals surface area contributed by atoms with Crippen molar-refractivity contribution >= 4 is 5.97 Å². The van der Waals surface area contributed by atoms with Crippen LogP contribution >= 0.6 is 0 Å². The number of hydrogen-bond acceptors (Lipinski definition) is 2. The molecule has 0 aromatic heterocycles. The van der Waals surface area contributed by atoms with Crippen LogP contribution in [-0.4, -0.2) is 12.6 Å². The summed E-state index contributed by atoms with van der Waals surface area (Å²) in [4.78, 5) is 11.2. The zero-order chi connectivity index (χ0) is 20.0. The largest absolute Gasteiger partial charge is 0.462 e. The summed E-state index contributed by atoms with van der Waals surface area (Å²) in [6.45, 7) is 8.11. The second kappa shape index (κ2) is 21.5. The van der Waals surface area contributed by atoms with Crippen molar-refractivity contribution in [2.45, 2.75) is 136 Å². The number of esters is 1. The Labute approximate surface area is 170 Å². The Morgan fingerprint density at radius 2 is 0.889 bits per heavy atom. The quantitative estimate of drug-likeness (QED) is 0.113. The van der Waals surface area contributed by atoms with Crippen LogP contribution in [0.15, 0.2) is 12.2 Å². The van der Waals surface area contributed by atoms with E-state index in [-0.39, 0.29) is 5.97 Å². The first-order chi connectivity index (χ1) is 13.2. The molecule has 0 atom stereocenters. The molecule has 0 bridgehead atoms. The number of carbonyl (C=O) groups is 1. The maximum atomic E-state index is 11.2. The van der Waals surface area contributed by atoms with Gasteiger partial charge in [0.25, 0.3) is 0 Å². The molecular formula is C25H48O2. The molecule has 0 unspecified atom stereocenters. The third-order valence-electron chi connectivity index (χ3n) is 5.33. The summed E-state index contributed by atoms with van der Waals surface area (Å²) in [5.74, 6) is -0.252. The summed E-state index contributed by atoms with van der Waals surface area (Å²) in [6, 6.07) is 0. The lowest BCUT2D eigenvalue weighted by molar-refractivity contribution is -0.139. The maximum Gasteiger partial charge on any atom is 0.333 e. The van der Waals surface area contributed by atoms with Gasteiger partial charge in [0.2, 0.25) is 0 Å². The summed E-state index contributed by atoms with van der Waals surface area (Å²) in [5.41, 5.74) is 0.493. The number of carbonyl (C=O) groups excluding carboxylic acids is 1. The predicted molar refractivity (Wildman–Crippen MR) is 119 cm³/mol. The molecule has 0 saturated carbocycles. The van der Waals surface area contributed by atoms with E-state index in [4.69, 9.17) is 4.74 Å². The average molecular weight is 381 g/mol. The van der Waals surface area contributed by atoms with Gasteiger partial charge in [0.15, 0.2) is 0 Å². The molecule has 0 spiro atoms. The van der Waals surface area contributed by atoms with Crippen LogP contribution in [0.1, 0.15) is 136 Å². The van der Waals surface area contributed by atoms with Gasteiger partial charge >= 0.3 is 5.97 Å². The van der Waals surface area contributed by atoms with E-state index in [1.54, 1.807) is 6.92 Å². The van der Waals surface area contributed by atoms with E-state index in [0.29, 0.717) is 12.2 Å². The molecule has 0 aromatic carbocycles. The van der Waals surface area contributed by atoms with Gasteiger partial charge in [-0.1, -0.05) is 129 Å². The first-order valence-electron chi connectivity index (χ1n) is 12.0. The van der Waals surface area contributed by atoms with Gasteiger partial charge in [0.1, 0.15) is 0 Å². The first-order valence-corrected chi connectivity index (χ1v) is 12.0. The highest BCUT2D eigenvalue weighted by Crippen LogP contribution is 2.14. The molecular weight excluding hydrogens is 332 g/mol. The van der Waals surface area contributed by atoms with E-state index in [9.17, 15) is 4.79 Å². The van der Waals surface area contributed by atoms with Gasteiger partial charge in [-0.25, -0.2) is 4.79 Å². The van der Waals surface area contributed by atoms with Crippen LogP contribution in [0.4, 0.5) is 0 Å². The summed E-state index contributed by atoms with van der Waals surface area (Å²) < 4.78 is 5.10. The third-order valence-corrected chi connectivity index (χ3v) is 5.33. The Balaban J connectivity index is 3.05. The fraction of sp³-hybridized carbons (Fsp3) is 0.880. The Bertz CT molecular complexity index is 335. The molecule has 0 radical (unpaired) electrons. The van der Waals surface area contributed by atoms with Gasteiger partial charge in [-0.15, -0.1) is 0 Å². The van der Waals surface area contributed by atoms with Crippen LogP contribution < -0.4 is 0 Å². The fourth-order valence-corrected chi connectivity index (χ4v) is 3.47. The van der Waals surface area contributed by atoms with E-state index in [2.05, 4.69) is 13.5 Å². The van der Waals surface area contributed by atoms with Crippen LogP contribution in [0.3, 0.4) is 0 Å². The molecule has 0 amide bonds. The standard InChI is InChI=1S/C25H48O2/c1-4-5-6-7-8-9-10-11-12-13-14-15-16-17-18-19-20-21-22-23-27-25(26)24(2)3/h2,4-23H2,1,3H3. The van der Waals surface area contributed by atoms with Crippen LogP contribution in [-0.2, 0) is 9.53 Å². The smallest absolute Gasteiger partial charge is 0.333 e. The van der Waals surface area contributed by atoms with Crippen molar-refractivity contribution in [3.63, 3.8) is 0 Å². The Morgan fingerprint density at radius 1 is 0.593 bits per heavy atom. The summed E-state index contributed by atoms with van der Waals surface area (Å²) in [6.07, 6.45) is 26.2. The monoisotopic (exact) mass is 380 g/mol. The molecule has 0 aromatic rings. The molecule has 0 aliphatic carbocycles. The van der Waals surface area contributed by atoms with Crippen LogP contribution in [0.5, 0.6) is 0 Å². The van der Waals surface area contributed by atoms with Gasteiger partial charge in [-0.3, -0.25) is 0 Å². The lowest BCUT2D eigenvalue weighted by atomic mass is 10.0. The summed E-state index contributed by atoms with van der Waals surface area (Å²) >= 11 is 0. The molecule has 160 valence electrons. The minimum atomic E-state index is -0.252. The van der Waals surface area contributed by atoms with E-state index < -0.39 is 0 Å². The molecule has 0 rings (SSSR count). The number of rotatable bonds is 21. The van der Waals surface area contributed by atoms with Crippen molar-refractivity contribution in [3.05, 3.63) is 12.2 Å². The normalized spacial score (nSPS) is 10.9. The van der Waals surface area contributed by atoms with Crippen LogP contribution in [0.25, 0.3) is 0 Å². The van der Waals surface area contributed by atoms with E-state index in [1.807, 2.05) is 0 Å². The Hall–Kier alpha value is -0.790. The van der Waals surface area contributed by atoms with Crippen LogP contribution in [0.2, 0.25) is 0 Å². The highest BCUT2D eigenvalue weighted by atomic mass is 16.5. The van der Waals surface area contributed by atoms with Crippen molar-refractivity contribution in [2.75, 3.05) is 6.61 Å². The van der Waals surface area contributed by atoms with Crippen molar-refractivity contribution < 1.29 is 9.53 Å². The molecule has 0 fully saturated rings. The molecule has 0 N–H and O–H groups in total. The molecule has 2 nitrogen and oxygen atoms in total. The summed E-state index contributed by atoms with van der Waals surface area (Å²) in [5, 5.41) is 0. The number of ether oxygens (including phenoxy) is 1. The highest BCUT2D eigenvalue weighted by Gasteiger charge is 2.01. The molecule has 0 aliphatic heterocycles. The lowest BCUT2D eigenvalue weighted by Gasteiger charge is -2.05. The average Bonchev–Trinajstić information content (AvgIpc) is 2.66. The van der Waals surface area contributed by atoms with Crippen LogP contribution in [0, 0.1) is 0 Å². The van der Waals surface area contributed by atoms with Gasteiger partial charge in [-0.2, -0.15) is 0 Å². The van der Waals surface area contributed by atoms with Gasteiger partial charge < -0.3 is 4.74 Å². The second-order valence-corrected chi connectivity index (χ2v) is 8.28. The number of hydrogen-bond donors (Lipinski definition) is 0. The fourth-order valence-electron chi connectivity index (χ4n) is 3.47. The minimum Gasteiger partial charge on any atom is -0.462 e. The highest BCUT2D eigenvalue weighted by molar-refractivity contribution is 5.86. The second-order valence-electron chi connectivity index (χ2n) is 8.28. The molecule has 27 heavy (non-hydrogen) atoms. The van der Waals surface area contributed by atoms with Crippen molar-refractivity contribution in [3.8, 4) is 0 Å². The lowest BCUT2D eigenvalue weighted by Crippen LogP contribution is -2.05. The molecule has 0 saturated heterocycles. The zero-order valence-electron chi connectivity index (χ0n) is 18.7. The van der Waals surface area contributed by atoms with E-state index in [1.165, 1.54) is 116 Å². The molecule has 2 heteroatoms. The van der Waals surface area contributed by atoms with E-state index >= 15 is 0 Å². The zero-order valence-corrected chi connectivity index (χ0v) is 18.7. The van der Waals surface area contributed by atoms with E-state index in [0.717, 1.165) is 6.42 Å². The topological polar surface area (TPSA) is 26.3 Å². The third kappa shape index (κ3) is 21.4.